The summed E-state index contributed by atoms with van der Waals surface area (Å²) in [6.45, 7) is 4.70. The average molecular weight is 721 g/mol. The van der Waals surface area contributed by atoms with Crippen LogP contribution in [0, 0.1) is 0 Å². The molecule has 6 heterocycles. The Kier molecular flexibility index (Phi) is 12.7. The first-order valence-corrected chi connectivity index (χ1v) is 15.9. The van der Waals surface area contributed by atoms with Gasteiger partial charge in [-0.25, -0.2) is 28.6 Å². The van der Waals surface area contributed by atoms with Crippen LogP contribution < -0.4 is 10.2 Å². The van der Waals surface area contributed by atoms with E-state index in [-0.39, 0.29) is 43.0 Å². The number of nitrogens with zero attached hydrogens (tertiary/aromatic N) is 7. The number of anilines is 1. The molecule has 0 saturated carbocycles. The third-order valence-corrected chi connectivity index (χ3v) is 7.77. The number of piperidine rings is 2. The zero-order valence-corrected chi connectivity index (χ0v) is 27.4. The first-order chi connectivity index (χ1) is 23.2. The molecular weight excluding hydrogens is 686 g/mol. The van der Waals surface area contributed by atoms with Crippen molar-refractivity contribution in [3.05, 3.63) is 53.2 Å². The maximum Gasteiger partial charge on any atom is 0.408 e. The van der Waals surface area contributed by atoms with Crippen LogP contribution in [0.1, 0.15) is 73.1 Å². The number of nitrogens with one attached hydrogen (secondary N) is 1. The maximum atomic E-state index is 13.3. The van der Waals surface area contributed by atoms with Crippen LogP contribution in [0.25, 0.3) is 11.3 Å². The molecule has 4 aromatic heterocycles. The predicted molar refractivity (Wildman–Crippen MR) is 166 cm³/mol. The molecule has 2 aliphatic heterocycles. The van der Waals surface area contributed by atoms with Crippen LogP contribution in [-0.4, -0.2) is 91.9 Å². The summed E-state index contributed by atoms with van der Waals surface area (Å²) in [6.07, 6.45) is 0.535. The minimum atomic E-state index is -4.32. The Balaban J connectivity index is 0.000000184. The zero-order chi connectivity index (χ0) is 35.8. The van der Waals surface area contributed by atoms with Crippen LogP contribution in [0.2, 0.25) is 5.15 Å². The van der Waals surface area contributed by atoms with Crippen molar-refractivity contribution in [3.8, 4) is 0 Å². The Morgan fingerprint density at radius 3 is 1.92 bits per heavy atom. The summed E-state index contributed by atoms with van der Waals surface area (Å²) in [5.74, 6) is -0.846. The Bertz CT molecular complexity index is 1710. The summed E-state index contributed by atoms with van der Waals surface area (Å²) in [7, 11) is 0. The van der Waals surface area contributed by atoms with Crippen LogP contribution in [-0.2, 0) is 9.47 Å². The van der Waals surface area contributed by atoms with Crippen LogP contribution in [0.4, 0.5) is 32.2 Å². The summed E-state index contributed by atoms with van der Waals surface area (Å²) in [5, 5.41) is 10.7. The number of halogens is 7. The van der Waals surface area contributed by atoms with Gasteiger partial charge in [-0.1, -0.05) is 18.0 Å². The summed E-state index contributed by atoms with van der Waals surface area (Å²) in [4.78, 5) is 32.9. The minimum Gasteiger partial charge on any atom is -0.462 e. The molecule has 2 aliphatic rings. The van der Waals surface area contributed by atoms with Crippen molar-refractivity contribution in [2.24, 2.45) is 0 Å². The van der Waals surface area contributed by atoms with E-state index in [2.05, 4.69) is 25.5 Å². The van der Waals surface area contributed by atoms with Gasteiger partial charge in [0.25, 0.3) is 0 Å². The maximum absolute atomic E-state index is 13.3. The highest BCUT2D eigenvalue weighted by molar-refractivity contribution is 6.29. The first kappa shape index (κ1) is 37.6. The molecule has 6 rings (SSSR count). The van der Waals surface area contributed by atoms with Crippen LogP contribution in [0.15, 0.2) is 36.9 Å². The quantitative estimate of drug-likeness (QED) is 0.147. The molecule has 12 nitrogen and oxygen atoms in total. The van der Waals surface area contributed by atoms with Crippen LogP contribution >= 0.6 is 11.6 Å². The molecule has 0 bridgehead atoms. The fourth-order valence-electron chi connectivity index (χ4n) is 5.25. The van der Waals surface area contributed by atoms with E-state index in [1.165, 1.54) is 38.6 Å². The van der Waals surface area contributed by atoms with E-state index < -0.39 is 36.4 Å². The number of carbonyl (C=O) groups is 2. The summed E-state index contributed by atoms with van der Waals surface area (Å²) >= 11 is 5.72. The molecule has 49 heavy (non-hydrogen) atoms. The second-order valence-electron chi connectivity index (χ2n) is 10.9. The van der Waals surface area contributed by atoms with E-state index in [9.17, 15) is 35.9 Å². The lowest BCUT2D eigenvalue weighted by Crippen LogP contribution is -2.49. The van der Waals surface area contributed by atoms with Gasteiger partial charge in [0.2, 0.25) is 0 Å². The highest BCUT2D eigenvalue weighted by Crippen LogP contribution is 2.34. The third-order valence-electron chi connectivity index (χ3n) is 7.56. The lowest BCUT2D eigenvalue weighted by molar-refractivity contribution is -0.160. The Morgan fingerprint density at radius 1 is 0.837 bits per heavy atom. The van der Waals surface area contributed by atoms with E-state index in [1.807, 2.05) is 0 Å². The van der Waals surface area contributed by atoms with Crippen molar-refractivity contribution in [3.63, 3.8) is 0 Å². The van der Waals surface area contributed by atoms with Crippen molar-refractivity contribution in [1.29, 1.82) is 0 Å². The first-order valence-electron chi connectivity index (χ1n) is 15.6. The predicted octanol–water partition coefficient (Wildman–Crippen LogP) is 6.08. The standard InChI is InChI=1S/C15H17F3N4O2.C9H8ClN3O2.C6H10F3N/c1-2-24-14(23)10-9-19-22-8-6-12(20-13(10)22)21-7-4-3-5-11(21)15(16,17)18;1-2-15-9(14)6-5-11-13-4-3-7(10)12-8(6)13;7-6(8,9)5-3-1-2-4-10-5/h6,8-9,11H,2-5,7H2,1H3;3-5H,2H2,1H3;5,10H,1-4H2. The molecule has 19 heteroatoms. The Morgan fingerprint density at radius 2 is 1.41 bits per heavy atom. The molecule has 0 spiro atoms. The van der Waals surface area contributed by atoms with Crippen molar-refractivity contribution >= 4 is 40.7 Å². The average Bonchev–Trinajstić information content (AvgIpc) is 3.69. The fourth-order valence-corrected chi connectivity index (χ4v) is 5.39. The summed E-state index contributed by atoms with van der Waals surface area (Å²) in [6, 6.07) is 0.270. The van der Waals surface area contributed by atoms with E-state index >= 15 is 0 Å². The molecule has 2 fully saturated rings. The number of fused-ring (bicyclic) bond motifs is 2. The number of aromatic nitrogens is 6. The molecule has 2 atom stereocenters. The lowest BCUT2D eigenvalue weighted by atomic mass is 10.0. The monoisotopic (exact) mass is 720 g/mol. The summed E-state index contributed by atoms with van der Waals surface area (Å²) in [5.41, 5.74) is 1.05. The van der Waals surface area contributed by atoms with Crippen molar-refractivity contribution < 1.29 is 45.4 Å². The number of rotatable bonds is 5. The van der Waals surface area contributed by atoms with Gasteiger partial charge in [0.1, 0.15) is 34.2 Å². The smallest absolute Gasteiger partial charge is 0.408 e. The number of carbonyl (C=O) groups excluding carboxylic acids is 2. The highest BCUT2D eigenvalue weighted by atomic mass is 35.5. The number of ether oxygens (including phenoxy) is 2. The van der Waals surface area contributed by atoms with Gasteiger partial charge in [-0.3, -0.25) is 0 Å². The van der Waals surface area contributed by atoms with Gasteiger partial charge in [0.05, 0.1) is 25.6 Å². The van der Waals surface area contributed by atoms with Crippen LogP contribution in [0.3, 0.4) is 0 Å². The van der Waals surface area contributed by atoms with Crippen molar-refractivity contribution in [2.45, 2.75) is 76.8 Å². The molecule has 1 N–H and O–H groups in total. The lowest BCUT2D eigenvalue weighted by Gasteiger charge is -2.37. The second kappa shape index (κ2) is 16.5. The Labute approximate surface area is 281 Å². The van der Waals surface area contributed by atoms with Gasteiger partial charge in [0.15, 0.2) is 11.3 Å². The molecular formula is C30H35ClF6N8O4. The van der Waals surface area contributed by atoms with Crippen LogP contribution in [0.5, 0.6) is 0 Å². The molecule has 268 valence electrons. The van der Waals surface area contributed by atoms with E-state index in [4.69, 9.17) is 21.1 Å². The SMILES string of the molecule is CCOC(=O)c1cnn2ccc(Cl)nc12.CCOC(=O)c1cnn2ccc(N3CCCCC3C(F)(F)F)nc12.FC(F)(F)C1CCCCN1. The Hall–Kier alpha value is -4.19. The van der Waals surface area contributed by atoms with Gasteiger partial charge in [-0.2, -0.15) is 36.5 Å². The molecule has 2 unspecified atom stereocenters. The molecule has 4 aromatic rings. The highest BCUT2D eigenvalue weighted by Gasteiger charge is 2.45. The number of esters is 2. The molecule has 0 aromatic carbocycles. The van der Waals surface area contributed by atoms with Crippen molar-refractivity contribution in [1.82, 2.24) is 34.5 Å². The summed E-state index contributed by atoms with van der Waals surface area (Å²) < 4.78 is 88.1. The third kappa shape index (κ3) is 9.71. The van der Waals surface area contributed by atoms with Gasteiger partial charge < -0.3 is 19.7 Å². The number of hydrogen-bond donors (Lipinski definition) is 1. The molecule has 2 saturated heterocycles. The normalized spacial score (nSPS) is 18.3. The fraction of sp³-hybridized carbons (Fsp3) is 0.533. The van der Waals surface area contributed by atoms with Gasteiger partial charge in [-0.05, 0) is 64.6 Å². The van der Waals surface area contributed by atoms with E-state index in [0.29, 0.717) is 48.8 Å². The topological polar surface area (TPSA) is 128 Å². The molecule has 0 radical (unpaired) electrons. The van der Waals surface area contributed by atoms with E-state index in [1.54, 1.807) is 26.1 Å². The number of alkyl halides is 6. The van der Waals surface area contributed by atoms with Gasteiger partial charge in [0, 0.05) is 18.9 Å². The zero-order valence-electron chi connectivity index (χ0n) is 26.6. The minimum absolute atomic E-state index is 0.0420. The molecule has 0 amide bonds. The van der Waals surface area contributed by atoms with Crippen molar-refractivity contribution in [2.75, 3.05) is 31.2 Å². The molecule has 0 aliphatic carbocycles. The van der Waals surface area contributed by atoms with E-state index in [0.717, 1.165) is 6.42 Å². The van der Waals surface area contributed by atoms with Gasteiger partial charge in [-0.15, -0.1) is 0 Å². The second-order valence-corrected chi connectivity index (χ2v) is 11.3. The number of hydrogen-bond acceptors (Lipinski definition) is 10. The largest absolute Gasteiger partial charge is 0.462 e. The van der Waals surface area contributed by atoms with Gasteiger partial charge >= 0.3 is 24.3 Å².